The van der Waals surface area contributed by atoms with Gasteiger partial charge in [0.05, 0.1) is 0 Å². The molecule has 0 saturated heterocycles. The number of hydrogen-bond acceptors (Lipinski definition) is 2. The molecule has 1 atom stereocenters. The van der Waals surface area contributed by atoms with Crippen molar-refractivity contribution in [2.45, 2.75) is 26.5 Å². The van der Waals surface area contributed by atoms with Gasteiger partial charge < -0.3 is 10.5 Å². The van der Waals surface area contributed by atoms with Crippen LogP contribution in [0.2, 0.25) is 10.0 Å². The van der Waals surface area contributed by atoms with Crippen molar-refractivity contribution in [3.05, 3.63) is 63.1 Å². The Labute approximate surface area is 129 Å². The molecule has 0 spiro atoms. The molecule has 2 nitrogen and oxygen atoms in total. The molecule has 0 aliphatic carbocycles. The van der Waals surface area contributed by atoms with Crippen LogP contribution in [0.1, 0.15) is 29.7 Å². The maximum absolute atomic E-state index is 6.20. The molecule has 0 heterocycles. The average Bonchev–Trinajstić information content (AvgIpc) is 2.38. The summed E-state index contributed by atoms with van der Waals surface area (Å²) in [6.45, 7) is 4.31. The average molecular weight is 310 g/mol. The second-order valence-corrected chi connectivity index (χ2v) is 5.70. The SMILES string of the molecule is Cc1ccc(COc2ccc(Cl)cc2[C@@H](C)N)c(Cl)c1. The Bertz CT molecular complexity index is 611. The van der Waals surface area contributed by atoms with Crippen LogP contribution in [0.15, 0.2) is 36.4 Å². The zero-order valence-corrected chi connectivity index (χ0v) is 13.0. The van der Waals surface area contributed by atoms with Gasteiger partial charge in [-0.05, 0) is 43.7 Å². The van der Waals surface area contributed by atoms with Crippen molar-refractivity contribution in [2.24, 2.45) is 5.73 Å². The summed E-state index contributed by atoms with van der Waals surface area (Å²) in [5.41, 5.74) is 8.90. The highest BCUT2D eigenvalue weighted by Crippen LogP contribution is 2.28. The smallest absolute Gasteiger partial charge is 0.124 e. The summed E-state index contributed by atoms with van der Waals surface area (Å²) < 4.78 is 5.84. The fourth-order valence-electron chi connectivity index (χ4n) is 1.93. The van der Waals surface area contributed by atoms with Crippen molar-refractivity contribution in [2.75, 3.05) is 0 Å². The molecule has 0 bridgehead atoms. The Hall–Kier alpha value is -1.22. The molecule has 0 amide bonds. The molecule has 0 radical (unpaired) electrons. The van der Waals surface area contributed by atoms with Gasteiger partial charge in [-0.1, -0.05) is 35.3 Å². The van der Waals surface area contributed by atoms with Crippen LogP contribution in [-0.2, 0) is 6.61 Å². The van der Waals surface area contributed by atoms with E-state index in [1.165, 1.54) is 0 Å². The lowest BCUT2D eigenvalue weighted by molar-refractivity contribution is 0.301. The molecule has 2 aromatic carbocycles. The number of benzene rings is 2. The van der Waals surface area contributed by atoms with Gasteiger partial charge in [-0.3, -0.25) is 0 Å². The van der Waals surface area contributed by atoms with E-state index in [0.717, 1.165) is 22.4 Å². The Balaban J connectivity index is 2.18. The van der Waals surface area contributed by atoms with Gasteiger partial charge in [-0.25, -0.2) is 0 Å². The van der Waals surface area contributed by atoms with Gasteiger partial charge in [0.2, 0.25) is 0 Å². The number of nitrogens with two attached hydrogens (primary N) is 1. The molecule has 106 valence electrons. The number of hydrogen-bond donors (Lipinski definition) is 1. The minimum atomic E-state index is -0.141. The van der Waals surface area contributed by atoms with Crippen LogP contribution in [0.4, 0.5) is 0 Å². The van der Waals surface area contributed by atoms with E-state index >= 15 is 0 Å². The predicted octanol–water partition coefficient (Wildman–Crippen LogP) is 4.90. The molecule has 0 fully saturated rings. The fourth-order valence-corrected chi connectivity index (χ4v) is 2.40. The number of rotatable bonds is 4. The minimum absolute atomic E-state index is 0.141. The molecule has 2 N–H and O–H groups in total. The van der Waals surface area contributed by atoms with E-state index in [4.69, 9.17) is 33.7 Å². The summed E-state index contributed by atoms with van der Waals surface area (Å²) in [6.07, 6.45) is 0. The second kappa shape index (κ2) is 6.49. The van der Waals surface area contributed by atoms with E-state index < -0.39 is 0 Å². The lowest BCUT2D eigenvalue weighted by Gasteiger charge is -2.15. The molecule has 20 heavy (non-hydrogen) atoms. The van der Waals surface area contributed by atoms with E-state index in [2.05, 4.69) is 0 Å². The standard InChI is InChI=1S/C16H17Cl2NO/c1-10-3-4-12(15(18)7-10)9-20-16-6-5-13(17)8-14(16)11(2)19/h3-8,11H,9,19H2,1-2H3/t11-/m1/s1. The Morgan fingerprint density at radius 2 is 1.90 bits per heavy atom. The third-order valence-corrected chi connectivity index (χ3v) is 3.64. The van der Waals surface area contributed by atoms with Crippen LogP contribution in [0.5, 0.6) is 5.75 Å². The van der Waals surface area contributed by atoms with E-state index in [1.54, 1.807) is 6.07 Å². The highest BCUT2D eigenvalue weighted by Gasteiger charge is 2.10. The van der Waals surface area contributed by atoms with Crippen LogP contribution in [0.25, 0.3) is 0 Å². The Morgan fingerprint density at radius 3 is 2.55 bits per heavy atom. The van der Waals surface area contributed by atoms with Crippen LogP contribution in [-0.4, -0.2) is 0 Å². The Morgan fingerprint density at radius 1 is 1.15 bits per heavy atom. The molecule has 0 aliphatic rings. The van der Waals surface area contributed by atoms with Gasteiger partial charge in [0, 0.05) is 27.2 Å². The molecule has 0 unspecified atom stereocenters. The van der Waals surface area contributed by atoms with Crippen LogP contribution in [0.3, 0.4) is 0 Å². The van der Waals surface area contributed by atoms with Crippen molar-refractivity contribution in [1.29, 1.82) is 0 Å². The van der Waals surface area contributed by atoms with Crippen LogP contribution in [0, 0.1) is 6.92 Å². The van der Waals surface area contributed by atoms with Crippen molar-refractivity contribution in [3.63, 3.8) is 0 Å². The monoisotopic (exact) mass is 309 g/mol. The molecular weight excluding hydrogens is 293 g/mol. The maximum Gasteiger partial charge on any atom is 0.124 e. The van der Waals surface area contributed by atoms with Crippen LogP contribution < -0.4 is 10.5 Å². The first-order chi connectivity index (χ1) is 9.47. The largest absolute Gasteiger partial charge is 0.489 e. The Kier molecular flexibility index (Phi) is 4.92. The van der Waals surface area contributed by atoms with Gasteiger partial charge in [-0.15, -0.1) is 0 Å². The van der Waals surface area contributed by atoms with Gasteiger partial charge in [0.15, 0.2) is 0 Å². The topological polar surface area (TPSA) is 35.2 Å². The van der Waals surface area contributed by atoms with E-state index in [9.17, 15) is 0 Å². The third-order valence-electron chi connectivity index (χ3n) is 3.05. The summed E-state index contributed by atoms with van der Waals surface area (Å²) in [7, 11) is 0. The summed E-state index contributed by atoms with van der Waals surface area (Å²) in [5.74, 6) is 0.737. The molecule has 0 saturated carbocycles. The summed E-state index contributed by atoms with van der Waals surface area (Å²) in [4.78, 5) is 0. The highest BCUT2D eigenvalue weighted by molar-refractivity contribution is 6.31. The molecule has 4 heteroatoms. The highest BCUT2D eigenvalue weighted by atomic mass is 35.5. The van der Waals surface area contributed by atoms with E-state index in [1.807, 2.05) is 44.2 Å². The maximum atomic E-state index is 6.20. The number of aryl methyl sites for hydroxylation is 1. The lowest BCUT2D eigenvalue weighted by Crippen LogP contribution is -2.08. The van der Waals surface area contributed by atoms with E-state index in [-0.39, 0.29) is 6.04 Å². The van der Waals surface area contributed by atoms with Gasteiger partial charge in [0.1, 0.15) is 12.4 Å². The van der Waals surface area contributed by atoms with Gasteiger partial charge >= 0.3 is 0 Å². The minimum Gasteiger partial charge on any atom is -0.489 e. The summed E-state index contributed by atoms with van der Waals surface area (Å²) in [6, 6.07) is 11.2. The second-order valence-electron chi connectivity index (χ2n) is 4.85. The summed E-state index contributed by atoms with van der Waals surface area (Å²) >= 11 is 12.2. The van der Waals surface area contributed by atoms with Gasteiger partial charge in [0.25, 0.3) is 0 Å². The predicted molar refractivity (Wildman–Crippen MR) is 84.6 cm³/mol. The van der Waals surface area contributed by atoms with Crippen molar-refractivity contribution < 1.29 is 4.74 Å². The van der Waals surface area contributed by atoms with Crippen LogP contribution >= 0.6 is 23.2 Å². The first-order valence-electron chi connectivity index (χ1n) is 6.40. The first kappa shape index (κ1) is 15.2. The first-order valence-corrected chi connectivity index (χ1v) is 7.16. The fraction of sp³-hybridized carbons (Fsp3) is 0.250. The van der Waals surface area contributed by atoms with Crippen molar-refractivity contribution in [3.8, 4) is 5.75 Å². The molecule has 2 rings (SSSR count). The number of ether oxygens (including phenoxy) is 1. The molecule has 0 aliphatic heterocycles. The zero-order chi connectivity index (χ0) is 14.7. The van der Waals surface area contributed by atoms with E-state index in [0.29, 0.717) is 16.7 Å². The van der Waals surface area contributed by atoms with Crippen molar-refractivity contribution >= 4 is 23.2 Å². The van der Waals surface area contributed by atoms with Gasteiger partial charge in [-0.2, -0.15) is 0 Å². The summed E-state index contributed by atoms with van der Waals surface area (Å²) in [5, 5.41) is 1.36. The molecule has 2 aromatic rings. The third kappa shape index (κ3) is 3.66. The molecular formula is C16H17Cl2NO. The zero-order valence-electron chi connectivity index (χ0n) is 11.5. The number of halogens is 2. The van der Waals surface area contributed by atoms with Crippen molar-refractivity contribution in [1.82, 2.24) is 0 Å². The normalized spacial score (nSPS) is 12.2. The lowest BCUT2D eigenvalue weighted by atomic mass is 10.1. The molecule has 0 aromatic heterocycles. The quantitative estimate of drug-likeness (QED) is 0.871.